The van der Waals surface area contributed by atoms with Crippen LogP contribution in [0.2, 0.25) is 0 Å². The first kappa shape index (κ1) is 22.5. The minimum atomic E-state index is -4.89. The third-order valence-electron chi connectivity index (χ3n) is 3.74. The van der Waals surface area contributed by atoms with Crippen LogP contribution >= 0.6 is 27.3 Å². The van der Waals surface area contributed by atoms with Crippen molar-refractivity contribution in [3.8, 4) is 17.0 Å². The number of carbonyl (C=O) groups is 1. The molecule has 162 valence electrons. The second-order valence-electron chi connectivity index (χ2n) is 5.99. The number of nitriles is 1. The zero-order valence-electron chi connectivity index (χ0n) is 15.9. The number of nitrogens with one attached hydrogen (secondary N) is 2. The summed E-state index contributed by atoms with van der Waals surface area (Å²) in [6.07, 6.45) is -3.50. The average molecular weight is 516 g/mol. The molecule has 3 aromatic rings. The van der Waals surface area contributed by atoms with E-state index >= 15 is 0 Å². The largest absolute Gasteiger partial charge is 0.573 e. The summed E-state index contributed by atoms with van der Waals surface area (Å²) in [6.45, 7) is 1.63. The number of hydrogen-bond acceptors (Lipinski definition) is 8. The number of aromatic nitrogens is 4. The van der Waals surface area contributed by atoms with Crippen LogP contribution in [0.5, 0.6) is 5.75 Å². The number of anilines is 1. The summed E-state index contributed by atoms with van der Waals surface area (Å²) in [5, 5.41) is 19.1. The topological polar surface area (TPSA) is 118 Å². The fourth-order valence-corrected chi connectivity index (χ4v) is 3.64. The molecule has 0 radical (unpaired) electrons. The zero-order chi connectivity index (χ0) is 22.8. The highest BCUT2D eigenvalue weighted by molar-refractivity contribution is 9.10. The maximum atomic E-state index is 12.7. The Bertz CT molecular complexity index is 1160. The number of carbonyl (C=O) groups excluding carboxylic acids is 1. The number of nitrogens with zero attached hydrogens (tertiary/aromatic N) is 5. The summed E-state index contributed by atoms with van der Waals surface area (Å²) in [5.74, 6) is -0.628. The van der Waals surface area contributed by atoms with Crippen molar-refractivity contribution in [1.29, 1.82) is 5.26 Å². The van der Waals surface area contributed by atoms with E-state index in [1.54, 1.807) is 14.0 Å². The Morgan fingerprint density at radius 2 is 2.13 bits per heavy atom. The first-order valence-electron chi connectivity index (χ1n) is 8.48. The molecule has 3 rings (SSSR count). The van der Waals surface area contributed by atoms with Crippen LogP contribution in [0.15, 0.2) is 28.9 Å². The van der Waals surface area contributed by atoms with Crippen molar-refractivity contribution >= 4 is 39.1 Å². The van der Waals surface area contributed by atoms with E-state index in [4.69, 9.17) is 5.26 Å². The van der Waals surface area contributed by atoms with Crippen molar-refractivity contribution in [2.24, 2.45) is 0 Å². The molecule has 9 nitrogen and oxygen atoms in total. The fraction of sp³-hybridized carbons (Fsp3) is 0.235. The minimum Gasteiger partial charge on any atom is -0.406 e. The number of halogens is 4. The van der Waals surface area contributed by atoms with Crippen LogP contribution < -0.4 is 15.4 Å². The second-order valence-corrected chi connectivity index (χ2v) is 7.92. The molecule has 0 saturated carbocycles. The fourth-order valence-electron chi connectivity index (χ4n) is 2.50. The Kier molecular flexibility index (Phi) is 6.46. The van der Waals surface area contributed by atoms with Gasteiger partial charge in [0, 0.05) is 17.1 Å². The molecular weight excluding hydrogens is 503 g/mol. The number of ether oxygens (including phenoxy) is 1. The summed E-state index contributed by atoms with van der Waals surface area (Å²) in [5.41, 5.74) is -0.0543. The summed E-state index contributed by atoms with van der Waals surface area (Å²) >= 11 is 4.15. The van der Waals surface area contributed by atoms with Crippen molar-refractivity contribution < 1.29 is 22.7 Å². The van der Waals surface area contributed by atoms with Gasteiger partial charge in [-0.05, 0) is 25.1 Å². The molecule has 0 saturated heterocycles. The highest BCUT2D eigenvalue weighted by atomic mass is 79.9. The van der Waals surface area contributed by atoms with Crippen LogP contribution in [-0.2, 0) is 0 Å². The Balaban J connectivity index is 1.86. The summed E-state index contributed by atoms with van der Waals surface area (Å²) in [7, 11) is 1.61. The van der Waals surface area contributed by atoms with Gasteiger partial charge in [0.15, 0.2) is 5.82 Å². The minimum absolute atomic E-state index is 0.0543. The van der Waals surface area contributed by atoms with Crippen molar-refractivity contribution in [2.75, 3.05) is 12.4 Å². The van der Waals surface area contributed by atoms with Gasteiger partial charge in [0.05, 0.1) is 12.2 Å². The molecule has 2 heterocycles. The van der Waals surface area contributed by atoms with E-state index in [-0.39, 0.29) is 16.0 Å². The predicted molar refractivity (Wildman–Crippen MR) is 108 cm³/mol. The van der Waals surface area contributed by atoms with Crippen molar-refractivity contribution in [1.82, 2.24) is 25.1 Å². The van der Waals surface area contributed by atoms with Gasteiger partial charge in [-0.25, -0.2) is 4.98 Å². The maximum absolute atomic E-state index is 12.7. The van der Waals surface area contributed by atoms with Crippen molar-refractivity contribution in [2.45, 2.75) is 19.3 Å². The lowest BCUT2D eigenvalue weighted by Crippen LogP contribution is -2.29. The van der Waals surface area contributed by atoms with Crippen molar-refractivity contribution in [3.63, 3.8) is 0 Å². The highest BCUT2D eigenvalue weighted by Gasteiger charge is 2.31. The maximum Gasteiger partial charge on any atom is 0.573 e. The van der Waals surface area contributed by atoms with Gasteiger partial charge in [-0.15, -0.1) is 18.3 Å². The number of hydrogen-bond donors (Lipinski definition) is 2. The molecule has 14 heteroatoms. The smallest absolute Gasteiger partial charge is 0.406 e. The number of benzene rings is 1. The van der Waals surface area contributed by atoms with Crippen LogP contribution in [0.25, 0.3) is 5.13 Å². The molecule has 1 atom stereocenters. The number of alkyl halides is 3. The summed E-state index contributed by atoms with van der Waals surface area (Å²) in [4.78, 5) is 21.5. The molecule has 0 aliphatic heterocycles. The van der Waals surface area contributed by atoms with Gasteiger partial charge in [-0.2, -0.15) is 14.9 Å². The van der Waals surface area contributed by atoms with E-state index in [1.807, 2.05) is 6.07 Å². The van der Waals surface area contributed by atoms with E-state index in [2.05, 4.69) is 46.4 Å². The zero-order valence-corrected chi connectivity index (χ0v) is 18.3. The molecule has 0 fully saturated rings. The Labute approximate surface area is 186 Å². The van der Waals surface area contributed by atoms with Crippen molar-refractivity contribution in [3.05, 3.63) is 45.1 Å². The summed E-state index contributed by atoms with van der Waals surface area (Å²) in [6, 6.07) is 4.70. The number of rotatable bonds is 6. The SMILES string of the molecule is CNc1nc([C@H](C)NC(=O)c2cc(Br)cc(OC(F)(F)F)c2)n(-c2ncc(C#N)s2)n1. The van der Waals surface area contributed by atoms with Crippen LogP contribution in [0.4, 0.5) is 19.1 Å². The third kappa shape index (κ3) is 5.50. The predicted octanol–water partition coefficient (Wildman–Crippen LogP) is 3.79. The molecule has 0 aliphatic rings. The van der Waals surface area contributed by atoms with Gasteiger partial charge >= 0.3 is 6.36 Å². The lowest BCUT2D eigenvalue weighted by atomic mass is 10.2. The van der Waals surface area contributed by atoms with Gasteiger partial charge in [0.25, 0.3) is 5.91 Å². The van der Waals surface area contributed by atoms with E-state index < -0.39 is 24.1 Å². The molecule has 2 aromatic heterocycles. The Morgan fingerprint density at radius 3 is 2.74 bits per heavy atom. The van der Waals surface area contributed by atoms with E-state index in [9.17, 15) is 18.0 Å². The highest BCUT2D eigenvalue weighted by Crippen LogP contribution is 2.28. The molecule has 2 N–H and O–H groups in total. The first-order chi connectivity index (χ1) is 14.6. The molecule has 0 bridgehead atoms. The van der Waals surface area contributed by atoms with Gasteiger partial charge in [-0.3, -0.25) is 4.79 Å². The molecular formula is C17H13BrF3N7O2S. The van der Waals surface area contributed by atoms with Crippen LogP contribution in [-0.4, -0.2) is 39.1 Å². The Morgan fingerprint density at radius 1 is 1.39 bits per heavy atom. The lowest BCUT2D eigenvalue weighted by Gasteiger charge is -2.15. The van der Waals surface area contributed by atoms with Gasteiger partial charge in [-0.1, -0.05) is 27.3 Å². The van der Waals surface area contributed by atoms with Gasteiger partial charge in [0.1, 0.15) is 16.7 Å². The molecule has 0 unspecified atom stereocenters. The van der Waals surface area contributed by atoms with E-state index in [1.165, 1.54) is 16.9 Å². The number of amides is 1. The van der Waals surface area contributed by atoms with Crippen LogP contribution in [0, 0.1) is 11.3 Å². The average Bonchev–Trinajstić information content (AvgIpc) is 3.32. The Hall–Kier alpha value is -3.18. The standard InChI is InChI=1S/C17H13BrF3N7O2S/c1-8(13-26-15(23-2)27-28(13)16-24-7-12(6-22)31-16)25-14(29)9-3-10(18)5-11(4-9)30-17(19,20)21/h3-5,7-8H,1-2H3,(H,23,27)(H,25,29)/t8-/m0/s1. The lowest BCUT2D eigenvalue weighted by molar-refractivity contribution is -0.274. The summed E-state index contributed by atoms with van der Waals surface area (Å²) < 4.78 is 43.1. The molecule has 0 spiro atoms. The molecule has 1 amide bonds. The molecule has 1 aromatic carbocycles. The first-order valence-corrected chi connectivity index (χ1v) is 10.1. The quantitative estimate of drug-likeness (QED) is 0.512. The van der Waals surface area contributed by atoms with Gasteiger partial charge < -0.3 is 15.4 Å². The normalized spacial score (nSPS) is 12.2. The van der Waals surface area contributed by atoms with Gasteiger partial charge in [0.2, 0.25) is 11.1 Å². The molecule has 0 aliphatic carbocycles. The number of thiazole rings is 1. The molecule has 31 heavy (non-hydrogen) atoms. The third-order valence-corrected chi connectivity index (χ3v) is 5.08. The van der Waals surface area contributed by atoms with Crippen LogP contribution in [0.1, 0.15) is 34.0 Å². The monoisotopic (exact) mass is 515 g/mol. The van der Waals surface area contributed by atoms with Crippen LogP contribution in [0.3, 0.4) is 0 Å². The van der Waals surface area contributed by atoms with E-state index in [0.717, 1.165) is 23.5 Å². The van der Waals surface area contributed by atoms with E-state index in [0.29, 0.717) is 15.8 Å². The second kappa shape index (κ2) is 8.90.